The number of aromatic nitrogens is 2. The summed E-state index contributed by atoms with van der Waals surface area (Å²) in [5, 5.41) is 10.9. The number of carbonyl (C=O) groups is 1. The van der Waals surface area contributed by atoms with Gasteiger partial charge in [-0.25, -0.2) is 14.8 Å². The van der Waals surface area contributed by atoms with Crippen LogP contribution >= 0.6 is 11.3 Å². The second-order valence-electron chi connectivity index (χ2n) is 4.97. The van der Waals surface area contributed by atoms with E-state index in [1.54, 1.807) is 6.92 Å². The summed E-state index contributed by atoms with van der Waals surface area (Å²) in [5.41, 5.74) is 3.08. The van der Waals surface area contributed by atoms with Crippen LogP contribution in [0.3, 0.4) is 0 Å². The lowest BCUT2D eigenvalue weighted by Gasteiger charge is -2.04. The van der Waals surface area contributed by atoms with E-state index in [0.717, 1.165) is 32.2 Å². The number of aryl methyl sites for hydroxylation is 1. The van der Waals surface area contributed by atoms with Gasteiger partial charge < -0.3 is 5.11 Å². The van der Waals surface area contributed by atoms with Crippen molar-refractivity contribution in [2.45, 2.75) is 13.8 Å². The van der Waals surface area contributed by atoms with Crippen molar-refractivity contribution >= 4 is 33.8 Å². The van der Waals surface area contributed by atoms with Crippen LogP contribution in [0.1, 0.15) is 16.8 Å². The Hall–Kier alpha value is -2.53. The van der Waals surface area contributed by atoms with E-state index in [9.17, 15) is 4.79 Å². The van der Waals surface area contributed by atoms with E-state index < -0.39 is 5.97 Å². The molecule has 0 saturated heterocycles. The highest BCUT2D eigenvalue weighted by atomic mass is 32.1. The van der Waals surface area contributed by atoms with Crippen LogP contribution in [0.2, 0.25) is 0 Å². The molecule has 0 fully saturated rings. The molecule has 2 aromatic heterocycles. The molecule has 0 bridgehead atoms. The lowest BCUT2D eigenvalue weighted by Crippen LogP contribution is -1.92. The van der Waals surface area contributed by atoms with Gasteiger partial charge in [0, 0.05) is 11.5 Å². The van der Waals surface area contributed by atoms with Crippen LogP contribution in [-0.4, -0.2) is 21.0 Å². The molecule has 110 valence electrons. The zero-order chi connectivity index (χ0) is 15.7. The molecule has 0 atom stereocenters. The molecule has 4 nitrogen and oxygen atoms in total. The molecule has 5 heteroatoms. The van der Waals surface area contributed by atoms with Gasteiger partial charge in [0.25, 0.3) is 0 Å². The molecule has 0 aliphatic heterocycles. The highest BCUT2D eigenvalue weighted by Crippen LogP contribution is 2.33. The summed E-state index contributed by atoms with van der Waals surface area (Å²) in [7, 11) is 0. The first-order valence-corrected chi connectivity index (χ1v) is 7.61. The normalized spacial score (nSPS) is 11.8. The second kappa shape index (κ2) is 5.69. The Labute approximate surface area is 131 Å². The number of carboxylic acids is 1. The Morgan fingerprint density at radius 1 is 1.18 bits per heavy atom. The van der Waals surface area contributed by atoms with Gasteiger partial charge in [0.1, 0.15) is 5.69 Å². The minimum atomic E-state index is -0.957. The fourth-order valence-corrected chi connectivity index (χ4v) is 3.22. The smallest absolute Gasteiger partial charge is 0.328 e. The van der Waals surface area contributed by atoms with Crippen molar-refractivity contribution in [3.05, 3.63) is 52.4 Å². The van der Waals surface area contributed by atoms with Gasteiger partial charge in [-0.2, -0.15) is 0 Å². The fraction of sp³-hybridized carbons (Fsp3) is 0.118. The monoisotopic (exact) mass is 310 g/mol. The van der Waals surface area contributed by atoms with Crippen molar-refractivity contribution < 1.29 is 9.90 Å². The summed E-state index contributed by atoms with van der Waals surface area (Å²) in [5.74, 6) is -0.957. The van der Waals surface area contributed by atoms with Gasteiger partial charge in [-0.1, -0.05) is 24.3 Å². The van der Waals surface area contributed by atoms with E-state index in [4.69, 9.17) is 5.11 Å². The number of thiazole rings is 1. The molecule has 1 aromatic carbocycles. The van der Waals surface area contributed by atoms with Crippen molar-refractivity contribution in [2.75, 3.05) is 0 Å². The molecule has 1 N–H and O–H groups in total. The van der Waals surface area contributed by atoms with Gasteiger partial charge in [-0.15, -0.1) is 11.3 Å². The van der Waals surface area contributed by atoms with Crippen LogP contribution < -0.4 is 0 Å². The second-order valence-corrected chi connectivity index (χ2v) is 6.17. The lowest BCUT2D eigenvalue weighted by atomic mass is 10.1. The molecule has 2 heterocycles. The highest BCUT2D eigenvalue weighted by molar-refractivity contribution is 7.13. The van der Waals surface area contributed by atoms with Gasteiger partial charge >= 0.3 is 5.97 Å². The van der Waals surface area contributed by atoms with Gasteiger partial charge in [-0.05, 0) is 31.6 Å². The Morgan fingerprint density at radius 3 is 2.73 bits per heavy atom. The highest BCUT2D eigenvalue weighted by Gasteiger charge is 2.15. The van der Waals surface area contributed by atoms with Crippen LogP contribution in [0.15, 0.2) is 42.5 Å². The van der Waals surface area contributed by atoms with Crippen LogP contribution in [0.25, 0.3) is 27.9 Å². The quantitative estimate of drug-likeness (QED) is 0.738. The molecule has 0 unspecified atom stereocenters. The first-order valence-electron chi connectivity index (χ1n) is 6.80. The molecule has 0 spiro atoms. The maximum atomic E-state index is 10.9. The van der Waals surface area contributed by atoms with E-state index in [2.05, 4.69) is 9.97 Å². The predicted octanol–water partition coefficient (Wildman–Crippen LogP) is 4.15. The number of pyridine rings is 1. The Kier molecular flexibility index (Phi) is 3.73. The summed E-state index contributed by atoms with van der Waals surface area (Å²) in [4.78, 5) is 20.9. The van der Waals surface area contributed by atoms with Gasteiger partial charge in [0.15, 0.2) is 0 Å². The van der Waals surface area contributed by atoms with E-state index in [-0.39, 0.29) is 0 Å². The molecule has 0 aliphatic carbocycles. The van der Waals surface area contributed by atoms with Crippen LogP contribution in [0.4, 0.5) is 0 Å². The number of fused-ring (bicyclic) bond motifs is 1. The topological polar surface area (TPSA) is 63.1 Å². The maximum Gasteiger partial charge on any atom is 0.328 e. The van der Waals surface area contributed by atoms with Crippen LogP contribution in [0.5, 0.6) is 0 Å². The molecule has 3 rings (SSSR count). The fourth-order valence-electron chi connectivity index (χ4n) is 2.32. The maximum absolute atomic E-state index is 10.9. The Balaban J connectivity index is 2.16. The van der Waals surface area contributed by atoms with Crippen molar-refractivity contribution in [2.24, 2.45) is 0 Å². The average molecular weight is 310 g/mol. The van der Waals surface area contributed by atoms with E-state index in [1.807, 2.05) is 43.3 Å². The third kappa shape index (κ3) is 2.76. The van der Waals surface area contributed by atoms with Crippen LogP contribution in [0, 0.1) is 6.92 Å². The molecular weight excluding hydrogens is 296 g/mol. The van der Waals surface area contributed by atoms with Gasteiger partial charge in [0.05, 0.1) is 21.1 Å². The Bertz CT molecular complexity index is 897. The third-order valence-electron chi connectivity index (χ3n) is 3.27. The number of allylic oxidation sites excluding steroid dienone is 1. The number of para-hydroxylation sites is 1. The molecule has 0 amide bonds. The molecule has 0 aliphatic rings. The minimum Gasteiger partial charge on any atom is -0.478 e. The number of nitrogens with zero attached hydrogens (tertiary/aromatic N) is 2. The molecule has 0 saturated carbocycles. The van der Waals surface area contributed by atoms with E-state index in [0.29, 0.717) is 5.57 Å². The lowest BCUT2D eigenvalue weighted by molar-refractivity contribution is -0.131. The third-order valence-corrected chi connectivity index (χ3v) is 4.38. The zero-order valence-corrected chi connectivity index (χ0v) is 13.0. The number of carboxylic acid groups (broad SMARTS) is 1. The van der Waals surface area contributed by atoms with Gasteiger partial charge in [-0.3, -0.25) is 0 Å². The first-order chi connectivity index (χ1) is 10.5. The molecule has 3 aromatic rings. The summed E-state index contributed by atoms with van der Waals surface area (Å²) < 4.78 is 0. The molecule has 22 heavy (non-hydrogen) atoms. The number of hydrogen-bond acceptors (Lipinski definition) is 4. The summed E-state index contributed by atoms with van der Waals surface area (Å²) in [6.45, 7) is 3.69. The Morgan fingerprint density at radius 2 is 1.95 bits per heavy atom. The largest absolute Gasteiger partial charge is 0.478 e. The standard InChI is InChI=1S/C17H14N2O2S/c1-10(9-15(20)21)17-16(18-11(2)22-17)14-8-7-12-5-3-4-6-13(12)19-14/h3-9H,1-2H3,(H,20,21)/b10-9+. The van der Waals surface area contributed by atoms with E-state index >= 15 is 0 Å². The summed E-state index contributed by atoms with van der Waals surface area (Å²) >= 11 is 1.48. The predicted molar refractivity (Wildman–Crippen MR) is 88.9 cm³/mol. The van der Waals surface area contributed by atoms with Crippen molar-refractivity contribution in [1.82, 2.24) is 9.97 Å². The first kappa shape index (κ1) is 14.4. The molecular formula is C17H14N2O2S. The average Bonchev–Trinajstić information content (AvgIpc) is 2.88. The van der Waals surface area contributed by atoms with Crippen molar-refractivity contribution in [1.29, 1.82) is 0 Å². The number of hydrogen-bond donors (Lipinski definition) is 1. The van der Waals surface area contributed by atoms with Crippen LogP contribution in [-0.2, 0) is 4.79 Å². The van der Waals surface area contributed by atoms with Crippen molar-refractivity contribution in [3.8, 4) is 11.4 Å². The van der Waals surface area contributed by atoms with Crippen molar-refractivity contribution in [3.63, 3.8) is 0 Å². The minimum absolute atomic E-state index is 0.683. The SMILES string of the molecule is C/C(=C\C(=O)O)c1sc(C)nc1-c1ccc2ccccc2n1. The zero-order valence-electron chi connectivity index (χ0n) is 12.2. The number of aliphatic carboxylic acids is 1. The molecule has 0 radical (unpaired) electrons. The summed E-state index contributed by atoms with van der Waals surface area (Å²) in [6, 6.07) is 11.8. The van der Waals surface area contributed by atoms with E-state index in [1.165, 1.54) is 17.4 Å². The number of rotatable bonds is 3. The number of benzene rings is 1. The van der Waals surface area contributed by atoms with Gasteiger partial charge in [0.2, 0.25) is 0 Å². The summed E-state index contributed by atoms with van der Waals surface area (Å²) in [6.07, 6.45) is 1.21.